The molecule has 2 amide bonds. The van der Waals surface area contributed by atoms with E-state index < -0.39 is 0 Å². The predicted octanol–water partition coefficient (Wildman–Crippen LogP) is 4.92. The van der Waals surface area contributed by atoms with Gasteiger partial charge in [-0.3, -0.25) is 9.59 Å². The van der Waals surface area contributed by atoms with Gasteiger partial charge in [-0.1, -0.05) is 48.5 Å². The number of hydrogen-bond donors (Lipinski definition) is 0. The standard InChI is InChI=1S/C28H28N4O2/c1-3-30(22-12-5-4-6-13-22)27(34)19-32-25-16-10-8-14-23(25)29-28(32)21-17-26(33)31(18-21)24-15-9-7-11-20(24)2/h4-16,21H,3,17-19H2,1-2H3. The summed E-state index contributed by atoms with van der Waals surface area (Å²) in [4.78, 5) is 35.0. The Morgan fingerprint density at radius 3 is 2.47 bits per heavy atom. The lowest BCUT2D eigenvalue weighted by Crippen LogP contribution is -2.34. The molecule has 1 unspecified atom stereocenters. The number of nitrogens with zero attached hydrogens (tertiary/aromatic N) is 4. The third-order valence-electron chi connectivity index (χ3n) is 6.56. The van der Waals surface area contributed by atoms with E-state index in [1.165, 1.54) is 0 Å². The van der Waals surface area contributed by atoms with E-state index in [1.807, 2.05) is 102 Å². The Bertz CT molecular complexity index is 1350. The van der Waals surface area contributed by atoms with Gasteiger partial charge in [0.1, 0.15) is 12.4 Å². The molecule has 1 aromatic heterocycles. The van der Waals surface area contributed by atoms with E-state index in [1.54, 1.807) is 4.90 Å². The van der Waals surface area contributed by atoms with Gasteiger partial charge in [-0.25, -0.2) is 4.98 Å². The lowest BCUT2D eigenvalue weighted by molar-refractivity contribution is -0.119. The number of para-hydroxylation sites is 4. The summed E-state index contributed by atoms with van der Waals surface area (Å²) in [7, 11) is 0. The molecule has 0 N–H and O–H groups in total. The monoisotopic (exact) mass is 452 g/mol. The number of rotatable bonds is 6. The molecule has 1 saturated heterocycles. The van der Waals surface area contributed by atoms with Crippen molar-refractivity contribution in [3.05, 3.63) is 90.3 Å². The largest absolute Gasteiger partial charge is 0.318 e. The highest BCUT2D eigenvalue weighted by molar-refractivity contribution is 5.97. The first-order valence-corrected chi connectivity index (χ1v) is 11.7. The van der Waals surface area contributed by atoms with Crippen LogP contribution in [0.4, 0.5) is 11.4 Å². The molecule has 0 aliphatic carbocycles. The van der Waals surface area contributed by atoms with Gasteiger partial charge in [0.25, 0.3) is 0 Å². The number of likely N-dealkylation sites (N-methyl/N-ethyl adjacent to an activating group) is 1. The summed E-state index contributed by atoms with van der Waals surface area (Å²) in [5.74, 6) is 0.795. The molecule has 0 spiro atoms. The zero-order chi connectivity index (χ0) is 23.7. The molecule has 1 fully saturated rings. The van der Waals surface area contributed by atoms with Gasteiger partial charge in [0.05, 0.1) is 11.0 Å². The minimum Gasteiger partial charge on any atom is -0.318 e. The minimum atomic E-state index is -0.0842. The second-order valence-corrected chi connectivity index (χ2v) is 8.71. The number of aromatic nitrogens is 2. The van der Waals surface area contributed by atoms with E-state index in [-0.39, 0.29) is 24.3 Å². The van der Waals surface area contributed by atoms with Gasteiger partial charge in [0.2, 0.25) is 11.8 Å². The molecule has 0 saturated carbocycles. The number of hydrogen-bond acceptors (Lipinski definition) is 3. The number of imidazole rings is 1. The Balaban J connectivity index is 1.49. The first-order valence-electron chi connectivity index (χ1n) is 11.7. The molecule has 2 heterocycles. The molecule has 34 heavy (non-hydrogen) atoms. The molecule has 5 rings (SSSR count). The fraction of sp³-hybridized carbons (Fsp3) is 0.250. The van der Waals surface area contributed by atoms with E-state index in [4.69, 9.17) is 4.98 Å². The van der Waals surface area contributed by atoms with E-state index >= 15 is 0 Å². The highest BCUT2D eigenvalue weighted by atomic mass is 16.2. The summed E-state index contributed by atoms with van der Waals surface area (Å²) >= 11 is 0. The molecule has 3 aromatic carbocycles. The van der Waals surface area contributed by atoms with Crippen molar-refractivity contribution in [1.82, 2.24) is 9.55 Å². The highest BCUT2D eigenvalue weighted by Crippen LogP contribution is 2.34. The topological polar surface area (TPSA) is 58.4 Å². The first kappa shape index (κ1) is 21.9. The highest BCUT2D eigenvalue weighted by Gasteiger charge is 2.35. The zero-order valence-electron chi connectivity index (χ0n) is 19.5. The normalized spacial score (nSPS) is 15.8. The maximum absolute atomic E-state index is 13.4. The number of amides is 2. The first-order chi connectivity index (χ1) is 16.6. The summed E-state index contributed by atoms with van der Waals surface area (Å²) in [6.45, 7) is 5.30. The van der Waals surface area contributed by atoms with Crippen LogP contribution in [0.2, 0.25) is 0 Å². The van der Waals surface area contributed by atoms with Crippen LogP contribution in [0.25, 0.3) is 11.0 Å². The van der Waals surface area contributed by atoms with Crippen LogP contribution in [0.15, 0.2) is 78.9 Å². The summed E-state index contributed by atoms with van der Waals surface area (Å²) in [5, 5.41) is 0. The van der Waals surface area contributed by atoms with Gasteiger partial charge in [-0.15, -0.1) is 0 Å². The summed E-state index contributed by atoms with van der Waals surface area (Å²) in [6.07, 6.45) is 0.377. The van der Waals surface area contributed by atoms with Crippen LogP contribution in [-0.2, 0) is 16.1 Å². The van der Waals surface area contributed by atoms with E-state index in [0.717, 1.165) is 33.8 Å². The molecular weight excluding hydrogens is 424 g/mol. The van der Waals surface area contributed by atoms with E-state index in [0.29, 0.717) is 19.5 Å². The van der Waals surface area contributed by atoms with Crippen molar-refractivity contribution < 1.29 is 9.59 Å². The Kier molecular flexibility index (Phi) is 5.88. The van der Waals surface area contributed by atoms with Crippen LogP contribution in [0.5, 0.6) is 0 Å². The van der Waals surface area contributed by atoms with Gasteiger partial charge in [-0.2, -0.15) is 0 Å². The van der Waals surface area contributed by atoms with Crippen molar-refractivity contribution in [3.8, 4) is 0 Å². The third-order valence-corrected chi connectivity index (χ3v) is 6.56. The Labute approximate surface area is 199 Å². The molecule has 6 nitrogen and oxygen atoms in total. The maximum Gasteiger partial charge on any atom is 0.246 e. The molecule has 6 heteroatoms. The Morgan fingerprint density at radius 2 is 1.71 bits per heavy atom. The van der Waals surface area contributed by atoms with Crippen molar-refractivity contribution in [1.29, 1.82) is 0 Å². The molecule has 1 aliphatic heterocycles. The molecule has 1 aliphatic rings. The van der Waals surface area contributed by atoms with Crippen LogP contribution >= 0.6 is 0 Å². The average Bonchev–Trinajstić information content (AvgIpc) is 3.41. The maximum atomic E-state index is 13.4. The average molecular weight is 453 g/mol. The van der Waals surface area contributed by atoms with Crippen molar-refractivity contribution in [2.24, 2.45) is 0 Å². The molecular formula is C28H28N4O2. The fourth-order valence-corrected chi connectivity index (χ4v) is 4.88. The molecule has 4 aromatic rings. The van der Waals surface area contributed by atoms with Gasteiger partial charge in [0.15, 0.2) is 0 Å². The second-order valence-electron chi connectivity index (χ2n) is 8.71. The van der Waals surface area contributed by atoms with Crippen molar-refractivity contribution >= 4 is 34.2 Å². The van der Waals surface area contributed by atoms with Gasteiger partial charge in [0, 0.05) is 36.8 Å². The predicted molar refractivity (Wildman–Crippen MR) is 135 cm³/mol. The number of benzene rings is 3. The smallest absolute Gasteiger partial charge is 0.246 e. The summed E-state index contributed by atoms with van der Waals surface area (Å²) in [5.41, 5.74) is 4.64. The molecule has 0 bridgehead atoms. The van der Waals surface area contributed by atoms with Crippen LogP contribution in [-0.4, -0.2) is 34.5 Å². The molecule has 0 radical (unpaired) electrons. The Hall–Kier alpha value is -3.93. The fourth-order valence-electron chi connectivity index (χ4n) is 4.88. The quantitative estimate of drug-likeness (QED) is 0.417. The van der Waals surface area contributed by atoms with Crippen molar-refractivity contribution in [2.45, 2.75) is 32.7 Å². The van der Waals surface area contributed by atoms with Gasteiger partial charge >= 0.3 is 0 Å². The number of anilines is 2. The SMILES string of the molecule is CCN(C(=O)Cn1c(C2CC(=O)N(c3ccccc3C)C2)nc2ccccc21)c1ccccc1. The lowest BCUT2D eigenvalue weighted by Gasteiger charge is -2.23. The Morgan fingerprint density at radius 1 is 1.00 bits per heavy atom. The summed E-state index contributed by atoms with van der Waals surface area (Å²) < 4.78 is 2.00. The van der Waals surface area contributed by atoms with Crippen LogP contribution in [0.1, 0.15) is 30.7 Å². The molecule has 1 atom stereocenters. The molecule has 172 valence electrons. The van der Waals surface area contributed by atoms with Gasteiger partial charge in [-0.05, 0) is 49.7 Å². The minimum absolute atomic E-state index is 0.00168. The van der Waals surface area contributed by atoms with Crippen molar-refractivity contribution in [2.75, 3.05) is 22.9 Å². The van der Waals surface area contributed by atoms with Crippen LogP contribution in [0.3, 0.4) is 0 Å². The van der Waals surface area contributed by atoms with E-state index in [9.17, 15) is 9.59 Å². The van der Waals surface area contributed by atoms with Gasteiger partial charge < -0.3 is 14.4 Å². The second kappa shape index (κ2) is 9.14. The zero-order valence-corrected chi connectivity index (χ0v) is 19.5. The lowest BCUT2D eigenvalue weighted by atomic mass is 10.1. The van der Waals surface area contributed by atoms with Crippen molar-refractivity contribution in [3.63, 3.8) is 0 Å². The van der Waals surface area contributed by atoms with E-state index in [2.05, 4.69) is 0 Å². The third kappa shape index (κ3) is 3.96. The number of carbonyl (C=O) groups excluding carboxylic acids is 2. The van der Waals surface area contributed by atoms with Crippen LogP contribution < -0.4 is 9.80 Å². The number of aryl methyl sites for hydroxylation is 1. The number of fused-ring (bicyclic) bond motifs is 1. The number of carbonyl (C=O) groups is 2. The summed E-state index contributed by atoms with van der Waals surface area (Å²) in [6, 6.07) is 25.5. The van der Waals surface area contributed by atoms with Crippen LogP contribution in [0, 0.1) is 6.92 Å².